The first-order valence-electron chi connectivity index (χ1n) is 3.25. The van der Waals surface area contributed by atoms with E-state index in [-0.39, 0.29) is 6.17 Å². The first-order valence-corrected chi connectivity index (χ1v) is 3.25. The molecule has 1 rings (SSSR count). The maximum atomic E-state index is 12.5. The molecule has 0 radical (unpaired) electrons. The zero-order valence-corrected chi connectivity index (χ0v) is 5.89. The van der Waals surface area contributed by atoms with E-state index >= 15 is 0 Å². The molecule has 3 heteroatoms. The third-order valence-corrected chi connectivity index (χ3v) is 1.83. The standard InChI is InChI=1S/C6H13FN2/c1-8-6-3-5(7)4-9(6)2/h5-6,8H,3-4H2,1-2H3. The number of hydrogen-bond acceptors (Lipinski definition) is 2. The van der Waals surface area contributed by atoms with Gasteiger partial charge in [0.25, 0.3) is 0 Å². The predicted octanol–water partition coefficient (Wildman–Crippen LogP) is 0.205. The van der Waals surface area contributed by atoms with Crippen LogP contribution < -0.4 is 5.32 Å². The van der Waals surface area contributed by atoms with Crippen LogP contribution in [0.2, 0.25) is 0 Å². The second kappa shape index (κ2) is 2.62. The quantitative estimate of drug-likeness (QED) is 0.548. The highest BCUT2D eigenvalue weighted by molar-refractivity contribution is 4.79. The molecule has 2 nitrogen and oxygen atoms in total. The van der Waals surface area contributed by atoms with Gasteiger partial charge in [-0.15, -0.1) is 0 Å². The van der Waals surface area contributed by atoms with Crippen LogP contribution in [-0.4, -0.2) is 37.9 Å². The van der Waals surface area contributed by atoms with Crippen molar-refractivity contribution in [2.24, 2.45) is 0 Å². The van der Waals surface area contributed by atoms with E-state index < -0.39 is 6.17 Å². The highest BCUT2D eigenvalue weighted by Gasteiger charge is 2.27. The van der Waals surface area contributed by atoms with Gasteiger partial charge in [0.15, 0.2) is 0 Å². The SMILES string of the molecule is CNC1CC(F)CN1C. The molecule has 2 unspecified atom stereocenters. The highest BCUT2D eigenvalue weighted by Crippen LogP contribution is 2.15. The lowest BCUT2D eigenvalue weighted by Crippen LogP contribution is -2.35. The number of likely N-dealkylation sites (tertiary alicyclic amines) is 1. The summed E-state index contributed by atoms with van der Waals surface area (Å²) in [5.74, 6) is 0. The molecule has 0 aromatic heterocycles. The Morgan fingerprint density at radius 2 is 2.33 bits per heavy atom. The summed E-state index contributed by atoms with van der Waals surface area (Å²) >= 11 is 0. The van der Waals surface area contributed by atoms with E-state index in [1.165, 1.54) is 0 Å². The number of nitrogens with one attached hydrogen (secondary N) is 1. The fourth-order valence-electron chi connectivity index (χ4n) is 1.27. The molecular weight excluding hydrogens is 119 g/mol. The second-order valence-electron chi connectivity index (χ2n) is 2.58. The minimum absolute atomic E-state index is 0.250. The van der Waals surface area contributed by atoms with Crippen molar-refractivity contribution in [3.05, 3.63) is 0 Å². The minimum Gasteiger partial charge on any atom is -0.305 e. The van der Waals surface area contributed by atoms with Gasteiger partial charge in [0, 0.05) is 13.0 Å². The third-order valence-electron chi connectivity index (χ3n) is 1.83. The minimum atomic E-state index is -0.632. The molecule has 9 heavy (non-hydrogen) atoms. The number of halogens is 1. The average Bonchev–Trinajstić information content (AvgIpc) is 2.10. The predicted molar refractivity (Wildman–Crippen MR) is 35.0 cm³/mol. The lowest BCUT2D eigenvalue weighted by atomic mass is 10.3. The van der Waals surface area contributed by atoms with Crippen LogP contribution in [0.25, 0.3) is 0 Å². The number of rotatable bonds is 1. The first-order chi connectivity index (χ1) is 4.24. The van der Waals surface area contributed by atoms with Crippen LogP contribution in [0.1, 0.15) is 6.42 Å². The lowest BCUT2D eigenvalue weighted by Gasteiger charge is -2.16. The van der Waals surface area contributed by atoms with Crippen molar-refractivity contribution in [3.63, 3.8) is 0 Å². The molecule has 0 aromatic rings. The zero-order chi connectivity index (χ0) is 6.85. The summed E-state index contributed by atoms with van der Waals surface area (Å²) in [5.41, 5.74) is 0. The van der Waals surface area contributed by atoms with Crippen molar-refractivity contribution in [1.29, 1.82) is 0 Å². The van der Waals surface area contributed by atoms with Gasteiger partial charge in [-0.2, -0.15) is 0 Å². The van der Waals surface area contributed by atoms with Gasteiger partial charge in [0.2, 0.25) is 0 Å². The fourth-order valence-corrected chi connectivity index (χ4v) is 1.27. The summed E-state index contributed by atoms with van der Waals surface area (Å²) in [6.45, 7) is 0.575. The Morgan fingerprint density at radius 1 is 1.67 bits per heavy atom. The van der Waals surface area contributed by atoms with Crippen molar-refractivity contribution in [2.45, 2.75) is 18.8 Å². The fraction of sp³-hybridized carbons (Fsp3) is 1.00. The second-order valence-corrected chi connectivity index (χ2v) is 2.58. The molecular formula is C6H13FN2. The van der Waals surface area contributed by atoms with Crippen LogP contribution in [0.5, 0.6) is 0 Å². The van der Waals surface area contributed by atoms with E-state index in [2.05, 4.69) is 5.32 Å². The molecule has 1 N–H and O–H groups in total. The van der Waals surface area contributed by atoms with E-state index in [1.807, 2.05) is 19.0 Å². The Bertz CT molecular complexity index is 97.1. The molecule has 0 spiro atoms. The van der Waals surface area contributed by atoms with Crippen LogP contribution in [0.4, 0.5) is 4.39 Å². The first kappa shape index (κ1) is 6.96. The van der Waals surface area contributed by atoms with Gasteiger partial charge in [0.05, 0.1) is 6.17 Å². The normalized spacial score (nSPS) is 37.7. The summed E-state index contributed by atoms with van der Waals surface area (Å²) < 4.78 is 12.5. The summed E-state index contributed by atoms with van der Waals surface area (Å²) in [6.07, 6.45) is 0.250. The van der Waals surface area contributed by atoms with Gasteiger partial charge in [-0.25, -0.2) is 4.39 Å². The smallest absolute Gasteiger partial charge is 0.116 e. The lowest BCUT2D eigenvalue weighted by molar-refractivity contribution is 0.272. The van der Waals surface area contributed by atoms with E-state index in [9.17, 15) is 4.39 Å². The Hall–Kier alpha value is -0.150. The molecule has 1 fully saturated rings. The van der Waals surface area contributed by atoms with Crippen molar-refractivity contribution >= 4 is 0 Å². The number of nitrogens with zero attached hydrogens (tertiary/aromatic N) is 1. The molecule has 1 aliphatic rings. The monoisotopic (exact) mass is 132 g/mol. The molecule has 0 bridgehead atoms. The van der Waals surface area contributed by atoms with E-state index in [4.69, 9.17) is 0 Å². The van der Waals surface area contributed by atoms with Crippen molar-refractivity contribution in [1.82, 2.24) is 10.2 Å². The van der Waals surface area contributed by atoms with Gasteiger partial charge < -0.3 is 5.32 Å². The van der Waals surface area contributed by atoms with Gasteiger partial charge in [-0.3, -0.25) is 4.90 Å². The molecule has 1 saturated heterocycles. The molecule has 0 aliphatic carbocycles. The Balaban J connectivity index is 2.38. The van der Waals surface area contributed by atoms with Crippen molar-refractivity contribution in [2.75, 3.05) is 20.6 Å². The topological polar surface area (TPSA) is 15.3 Å². The molecule has 1 heterocycles. The largest absolute Gasteiger partial charge is 0.305 e. The molecule has 0 aromatic carbocycles. The molecule has 54 valence electrons. The Morgan fingerprint density at radius 3 is 2.56 bits per heavy atom. The summed E-state index contributed by atoms with van der Waals surface area (Å²) in [4.78, 5) is 1.99. The van der Waals surface area contributed by atoms with E-state index in [1.54, 1.807) is 0 Å². The van der Waals surface area contributed by atoms with Gasteiger partial charge >= 0.3 is 0 Å². The van der Waals surface area contributed by atoms with E-state index in [0.29, 0.717) is 13.0 Å². The zero-order valence-electron chi connectivity index (χ0n) is 5.89. The van der Waals surface area contributed by atoms with Gasteiger partial charge in [-0.05, 0) is 14.1 Å². The highest BCUT2D eigenvalue weighted by atomic mass is 19.1. The molecule has 1 aliphatic heterocycles. The van der Waals surface area contributed by atoms with Crippen molar-refractivity contribution in [3.8, 4) is 0 Å². The van der Waals surface area contributed by atoms with E-state index in [0.717, 1.165) is 0 Å². The van der Waals surface area contributed by atoms with Crippen LogP contribution >= 0.6 is 0 Å². The molecule has 2 atom stereocenters. The number of alkyl halides is 1. The van der Waals surface area contributed by atoms with Gasteiger partial charge in [0.1, 0.15) is 6.17 Å². The van der Waals surface area contributed by atoms with Crippen LogP contribution in [-0.2, 0) is 0 Å². The van der Waals surface area contributed by atoms with Crippen LogP contribution in [0.3, 0.4) is 0 Å². The van der Waals surface area contributed by atoms with Gasteiger partial charge in [-0.1, -0.05) is 0 Å². The molecule has 0 saturated carbocycles. The Labute approximate surface area is 55.0 Å². The maximum Gasteiger partial charge on any atom is 0.116 e. The molecule has 0 amide bonds. The average molecular weight is 132 g/mol. The summed E-state index contributed by atoms with van der Waals surface area (Å²) in [7, 11) is 3.79. The summed E-state index contributed by atoms with van der Waals surface area (Å²) in [6, 6.07) is 0. The third kappa shape index (κ3) is 1.40. The van der Waals surface area contributed by atoms with Crippen LogP contribution in [0, 0.1) is 0 Å². The van der Waals surface area contributed by atoms with Crippen molar-refractivity contribution < 1.29 is 4.39 Å². The number of hydrogen-bond donors (Lipinski definition) is 1. The van der Waals surface area contributed by atoms with Crippen LogP contribution in [0.15, 0.2) is 0 Å². The summed E-state index contributed by atoms with van der Waals surface area (Å²) in [5, 5.41) is 3.03. The maximum absolute atomic E-state index is 12.5. The Kier molecular flexibility index (Phi) is 2.03.